The zero-order valence-corrected chi connectivity index (χ0v) is 9.01. The van der Waals surface area contributed by atoms with E-state index in [4.69, 9.17) is 5.11 Å². The highest BCUT2D eigenvalue weighted by Gasteiger charge is 2.16. The topological polar surface area (TPSA) is 110 Å². The number of rotatable bonds is 2. The number of nitrogens with zero attached hydrogens (tertiary/aromatic N) is 3. The molecule has 0 aromatic carbocycles. The van der Waals surface area contributed by atoms with Gasteiger partial charge in [-0.3, -0.25) is 14.3 Å². The number of imidazole rings is 1. The molecule has 0 saturated carbocycles. The zero-order valence-electron chi connectivity index (χ0n) is 9.01. The summed E-state index contributed by atoms with van der Waals surface area (Å²) in [7, 11) is 0. The van der Waals surface area contributed by atoms with Gasteiger partial charge in [-0.25, -0.2) is 19.1 Å². The second-order valence-corrected chi connectivity index (χ2v) is 3.48. The Morgan fingerprint density at radius 2 is 2.24 bits per heavy atom. The van der Waals surface area contributed by atoms with Gasteiger partial charge in [0.25, 0.3) is 5.56 Å². The average Bonchev–Trinajstić information content (AvgIpc) is 2.68. The number of aromatic nitrogens is 4. The van der Waals surface area contributed by atoms with Crippen LogP contribution >= 0.6 is 0 Å². The minimum atomic E-state index is -1.32. The predicted octanol–water partition coefficient (Wildman–Crippen LogP) is -0.178. The molecule has 2 N–H and O–H groups in total. The van der Waals surface area contributed by atoms with Crippen molar-refractivity contribution in [3.05, 3.63) is 27.2 Å². The van der Waals surface area contributed by atoms with Crippen LogP contribution in [0.4, 0.5) is 4.79 Å². The van der Waals surface area contributed by atoms with Crippen LogP contribution < -0.4 is 11.2 Å². The second-order valence-electron chi connectivity index (χ2n) is 3.48. The van der Waals surface area contributed by atoms with E-state index in [0.29, 0.717) is 17.5 Å². The number of nitrogens with one attached hydrogen (secondary N) is 1. The number of carbonyl (C=O) groups is 1. The van der Waals surface area contributed by atoms with Crippen molar-refractivity contribution in [2.45, 2.75) is 19.9 Å². The Kier molecular flexibility index (Phi) is 2.54. The molecule has 2 aromatic heterocycles. The summed E-state index contributed by atoms with van der Waals surface area (Å²) in [5.41, 5.74) is -1.38. The summed E-state index contributed by atoms with van der Waals surface area (Å²) in [4.78, 5) is 39.8. The van der Waals surface area contributed by atoms with Crippen molar-refractivity contribution in [3.63, 3.8) is 0 Å². The Hall–Kier alpha value is -2.38. The van der Waals surface area contributed by atoms with E-state index in [9.17, 15) is 14.4 Å². The normalized spacial score (nSPS) is 10.9. The summed E-state index contributed by atoms with van der Waals surface area (Å²) in [6, 6.07) is 0. The van der Waals surface area contributed by atoms with Gasteiger partial charge in [-0.1, -0.05) is 6.92 Å². The molecular formula is C9H10N4O4. The Labute approximate surface area is 94.1 Å². The maximum Gasteiger partial charge on any atom is 0.417 e. The zero-order chi connectivity index (χ0) is 12.6. The third-order valence-electron chi connectivity index (χ3n) is 2.34. The first-order chi connectivity index (χ1) is 8.06. The second kappa shape index (κ2) is 3.89. The van der Waals surface area contributed by atoms with Crippen molar-refractivity contribution in [1.82, 2.24) is 19.1 Å². The van der Waals surface area contributed by atoms with Gasteiger partial charge in [0.15, 0.2) is 11.2 Å². The molecule has 2 rings (SSSR count). The van der Waals surface area contributed by atoms with Crippen LogP contribution in [0.3, 0.4) is 0 Å². The van der Waals surface area contributed by atoms with E-state index in [0.717, 1.165) is 6.33 Å². The van der Waals surface area contributed by atoms with Crippen LogP contribution in [-0.2, 0) is 6.54 Å². The molecule has 0 aliphatic carbocycles. The molecule has 0 unspecified atom stereocenters. The van der Waals surface area contributed by atoms with Gasteiger partial charge in [-0.05, 0) is 6.42 Å². The minimum Gasteiger partial charge on any atom is -0.464 e. The first-order valence-corrected chi connectivity index (χ1v) is 4.99. The van der Waals surface area contributed by atoms with E-state index in [1.54, 1.807) is 0 Å². The van der Waals surface area contributed by atoms with Gasteiger partial charge in [0.2, 0.25) is 0 Å². The fourth-order valence-electron chi connectivity index (χ4n) is 1.64. The highest BCUT2D eigenvalue weighted by molar-refractivity contribution is 5.82. The summed E-state index contributed by atoms with van der Waals surface area (Å²) >= 11 is 0. The van der Waals surface area contributed by atoms with Gasteiger partial charge in [0.05, 0.1) is 0 Å². The lowest BCUT2D eigenvalue weighted by Crippen LogP contribution is -2.31. The largest absolute Gasteiger partial charge is 0.464 e. The minimum absolute atomic E-state index is 0.0861. The predicted molar refractivity (Wildman–Crippen MR) is 58.3 cm³/mol. The fraction of sp³-hybridized carbons (Fsp3) is 0.333. The lowest BCUT2D eigenvalue weighted by Gasteiger charge is -2.03. The maximum atomic E-state index is 11.5. The summed E-state index contributed by atoms with van der Waals surface area (Å²) < 4.78 is 1.94. The first kappa shape index (κ1) is 11.1. The van der Waals surface area contributed by atoms with E-state index in [1.807, 2.05) is 6.92 Å². The number of aryl methyl sites for hydroxylation is 1. The molecule has 0 spiro atoms. The molecule has 0 amide bonds. The van der Waals surface area contributed by atoms with Crippen molar-refractivity contribution < 1.29 is 9.90 Å². The number of hydrogen-bond donors (Lipinski definition) is 2. The van der Waals surface area contributed by atoms with Gasteiger partial charge in [-0.2, -0.15) is 0 Å². The van der Waals surface area contributed by atoms with E-state index >= 15 is 0 Å². The third-order valence-corrected chi connectivity index (χ3v) is 2.34. The quantitative estimate of drug-likeness (QED) is 0.754. The maximum absolute atomic E-state index is 11.5. The van der Waals surface area contributed by atoms with E-state index in [2.05, 4.69) is 9.97 Å². The molecule has 0 atom stereocenters. The molecule has 8 heteroatoms. The van der Waals surface area contributed by atoms with E-state index < -0.39 is 17.3 Å². The number of fused-ring (bicyclic) bond motifs is 1. The molecule has 2 aromatic rings. The van der Waals surface area contributed by atoms with Gasteiger partial charge in [0, 0.05) is 6.54 Å². The van der Waals surface area contributed by atoms with Crippen molar-refractivity contribution in [3.8, 4) is 0 Å². The Bertz CT molecular complexity index is 693. The molecule has 8 nitrogen and oxygen atoms in total. The van der Waals surface area contributed by atoms with Crippen molar-refractivity contribution in [2.75, 3.05) is 0 Å². The number of H-pyrrole nitrogens is 1. The molecule has 0 aliphatic heterocycles. The Morgan fingerprint density at radius 1 is 1.53 bits per heavy atom. The molecule has 17 heavy (non-hydrogen) atoms. The molecule has 0 aliphatic rings. The summed E-state index contributed by atoms with van der Waals surface area (Å²) in [6.07, 6.45) is 0.356. The molecular weight excluding hydrogens is 228 g/mol. The first-order valence-electron chi connectivity index (χ1n) is 4.99. The number of carboxylic acid groups (broad SMARTS) is 1. The summed E-state index contributed by atoms with van der Waals surface area (Å²) in [5.74, 6) is 0. The highest BCUT2D eigenvalue weighted by atomic mass is 16.4. The van der Waals surface area contributed by atoms with E-state index in [1.165, 1.54) is 4.57 Å². The Balaban J connectivity index is 2.90. The fourth-order valence-corrected chi connectivity index (χ4v) is 1.64. The van der Waals surface area contributed by atoms with Crippen LogP contribution in [0.15, 0.2) is 15.9 Å². The third kappa shape index (κ3) is 1.63. The number of aromatic amines is 1. The molecule has 0 radical (unpaired) electrons. The lowest BCUT2D eigenvalue weighted by atomic mass is 10.4. The monoisotopic (exact) mass is 238 g/mol. The van der Waals surface area contributed by atoms with Crippen LogP contribution in [0.1, 0.15) is 13.3 Å². The SMILES string of the molecule is CCCn1c(=O)[nH]c(=O)c2c1ncn2C(=O)O. The van der Waals surface area contributed by atoms with Crippen molar-refractivity contribution in [2.24, 2.45) is 0 Å². The van der Waals surface area contributed by atoms with Crippen molar-refractivity contribution >= 4 is 17.3 Å². The Morgan fingerprint density at radius 3 is 2.82 bits per heavy atom. The van der Waals surface area contributed by atoms with Gasteiger partial charge in [0.1, 0.15) is 6.33 Å². The van der Waals surface area contributed by atoms with Crippen LogP contribution in [0, 0.1) is 0 Å². The van der Waals surface area contributed by atoms with Gasteiger partial charge < -0.3 is 5.11 Å². The van der Waals surface area contributed by atoms with E-state index in [-0.39, 0.29) is 11.2 Å². The smallest absolute Gasteiger partial charge is 0.417 e. The van der Waals surface area contributed by atoms with Crippen molar-refractivity contribution in [1.29, 1.82) is 0 Å². The van der Waals surface area contributed by atoms with Crippen LogP contribution in [-0.4, -0.2) is 30.3 Å². The van der Waals surface area contributed by atoms with Crippen LogP contribution in [0.25, 0.3) is 11.2 Å². The average molecular weight is 238 g/mol. The van der Waals surface area contributed by atoms with Gasteiger partial charge in [-0.15, -0.1) is 0 Å². The van der Waals surface area contributed by atoms with Crippen LogP contribution in [0.5, 0.6) is 0 Å². The summed E-state index contributed by atoms with van der Waals surface area (Å²) in [6.45, 7) is 2.22. The van der Waals surface area contributed by atoms with Gasteiger partial charge >= 0.3 is 11.8 Å². The number of hydrogen-bond acceptors (Lipinski definition) is 4. The highest BCUT2D eigenvalue weighted by Crippen LogP contribution is 2.05. The molecule has 0 bridgehead atoms. The standard InChI is InChI=1S/C9H10N4O4/c1-2-3-12-6-5(7(14)11-8(12)15)13(4-10-6)9(16)17/h4H,2-3H2,1H3,(H,16,17)(H,11,14,15). The lowest BCUT2D eigenvalue weighted by molar-refractivity contribution is 0.197. The molecule has 0 fully saturated rings. The molecule has 2 heterocycles. The molecule has 0 saturated heterocycles. The van der Waals surface area contributed by atoms with Crippen LogP contribution in [0.2, 0.25) is 0 Å². The summed E-state index contributed by atoms with van der Waals surface area (Å²) in [5, 5.41) is 8.87. The molecule has 90 valence electrons.